The highest BCUT2D eigenvalue weighted by atomic mass is 19.3. The molecule has 1 saturated carbocycles. The SMILES string of the molecule is CCN(CC)C(=O)[C@@H]1C=C2c3cccc4[nH]cc(c34)C[C@H]2N(CC2CC2(F)F)C1. The first kappa shape index (κ1) is 18.8. The Bertz CT molecular complexity index is 991. The molecule has 6 heteroatoms. The van der Waals surface area contributed by atoms with Crippen LogP contribution in [0.1, 0.15) is 31.4 Å². The molecule has 5 rings (SSSR count). The number of hydrogen-bond acceptors (Lipinski definition) is 2. The van der Waals surface area contributed by atoms with Gasteiger partial charge in [-0.15, -0.1) is 0 Å². The lowest BCUT2D eigenvalue weighted by Gasteiger charge is -2.42. The van der Waals surface area contributed by atoms with E-state index in [0.29, 0.717) is 26.2 Å². The minimum absolute atomic E-state index is 0.0328. The van der Waals surface area contributed by atoms with E-state index in [9.17, 15) is 13.6 Å². The maximum Gasteiger partial charge on any atom is 0.252 e. The van der Waals surface area contributed by atoms with Crippen LogP contribution in [0.15, 0.2) is 30.5 Å². The van der Waals surface area contributed by atoms with Crippen molar-refractivity contribution >= 4 is 22.4 Å². The van der Waals surface area contributed by atoms with Crippen molar-refractivity contribution in [3.63, 3.8) is 0 Å². The predicted octanol–water partition coefficient (Wildman–Crippen LogP) is 3.93. The number of benzene rings is 1. The average Bonchev–Trinajstić information content (AvgIpc) is 3.10. The first-order chi connectivity index (χ1) is 13.9. The lowest BCUT2D eigenvalue weighted by atomic mass is 9.79. The molecule has 2 aliphatic carbocycles. The molecule has 1 amide bonds. The highest BCUT2D eigenvalue weighted by Gasteiger charge is 2.57. The summed E-state index contributed by atoms with van der Waals surface area (Å²) >= 11 is 0. The van der Waals surface area contributed by atoms with E-state index in [1.807, 2.05) is 31.0 Å². The summed E-state index contributed by atoms with van der Waals surface area (Å²) in [5.41, 5.74) is 4.59. The molecule has 0 radical (unpaired) electrons. The Morgan fingerprint density at radius 2 is 2.07 bits per heavy atom. The topological polar surface area (TPSA) is 39.3 Å². The van der Waals surface area contributed by atoms with Gasteiger partial charge in [-0.2, -0.15) is 0 Å². The summed E-state index contributed by atoms with van der Waals surface area (Å²) in [4.78, 5) is 20.5. The minimum Gasteiger partial charge on any atom is -0.361 e. The molecule has 3 aliphatic rings. The number of halogens is 2. The van der Waals surface area contributed by atoms with Crippen LogP contribution in [-0.4, -0.2) is 58.8 Å². The number of nitrogens with one attached hydrogen (secondary N) is 1. The molecule has 1 unspecified atom stereocenters. The number of nitrogens with zero attached hydrogens (tertiary/aromatic N) is 2. The lowest BCUT2D eigenvalue weighted by Crippen LogP contribution is -2.50. The lowest BCUT2D eigenvalue weighted by molar-refractivity contribution is -0.134. The van der Waals surface area contributed by atoms with Gasteiger partial charge in [0, 0.05) is 61.7 Å². The number of H-pyrrole nitrogens is 1. The van der Waals surface area contributed by atoms with Crippen molar-refractivity contribution in [2.45, 2.75) is 38.7 Å². The van der Waals surface area contributed by atoms with E-state index in [-0.39, 0.29) is 24.3 Å². The second-order valence-electron chi connectivity index (χ2n) is 8.62. The van der Waals surface area contributed by atoms with Crippen LogP contribution in [0.3, 0.4) is 0 Å². The maximum absolute atomic E-state index is 13.7. The highest BCUT2D eigenvalue weighted by molar-refractivity contribution is 5.99. The van der Waals surface area contributed by atoms with Crippen molar-refractivity contribution in [3.8, 4) is 0 Å². The summed E-state index contributed by atoms with van der Waals surface area (Å²) in [6.07, 6.45) is 4.93. The van der Waals surface area contributed by atoms with Crippen LogP contribution < -0.4 is 0 Å². The molecule has 1 aromatic carbocycles. The van der Waals surface area contributed by atoms with Gasteiger partial charge in [0.1, 0.15) is 0 Å². The van der Waals surface area contributed by atoms with Crippen LogP contribution in [-0.2, 0) is 11.2 Å². The van der Waals surface area contributed by atoms with Gasteiger partial charge < -0.3 is 9.88 Å². The molecule has 1 N–H and O–H groups in total. The zero-order chi connectivity index (χ0) is 20.3. The first-order valence-corrected chi connectivity index (χ1v) is 10.6. The quantitative estimate of drug-likeness (QED) is 0.828. The Labute approximate surface area is 169 Å². The molecule has 1 fully saturated rings. The molecule has 0 bridgehead atoms. The van der Waals surface area contributed by atoms with Crippen molar-refractivity contribution in [2.24, 2.45) is 11.8 Å². The van der Waals surface area contributed by atoms with Crippen LogP contribution in [0.5, 0.6) is 0 Å². The van der Waals surface area contributed by atoms with Crippen LogP contribution in [0, 0.1) is 11.8 Å². The van der Waals surface area contributed by atoms with E-state index < -0.39 is 11.8 Å². The molecule has 2 heterocycles. The summed E-state index contributed by atoms with van der Waals surface area (Å²) in [6, 6.07) is 6.25. The number of aromatic nitrogens is 1. The number of alkyl halides is 2. The van der Waals surface area contributed by atoms with E-state index in [1.165, 1.54) is 10.9 Å². The van der Waals surface area contributed by atoms with E-state index >= 15 is 0 Å². The fourth-order valence-corrected chi connectivity index (χ4v) is 5.20. The molecule has 3 atom stereocenters. The third-order valence-corrected chi connectivity index (χ3v) is 6.93. The van der Waals surface area contributed by atoms with Gasteiger partial charge in [-0.05, 0) is 43.0 Å². The van der Waals surface area contributed by atoms with Gasteiger partial charge in [0.25, 0.3) is 5.92 Å². The van der Waals surface area contributed by atoms with Crippen LogP contribution >= 0.6 is 0 Å². The fraction of sp³-hybridized carbons (Fsp3) is 0.522. The predicted molar refractivity (Wildman–Crippen MR) is 110 cm³/mol. The Kier molecular flexibility index (Phi) is 4.32. The maximum atomic E-state index is 13.7. The summed E-state index contributed by atoms with van der Waals surface area (Å²) in [5.74, 6) is -3.33. The van der Waals surface area contributed by atoms with Gasteiger partial charge in [-0.3, -0.25) is 9.69 Å². The van der Waals surface area contributed by atoms with Crippen LogP contribution in [0.2, 0.25) is 0 Å². The number of carbonyl (C=O) groups excluding carboxylic acids is 1. The molecular weight excluding hydrogens is 372 g/mol. The van der Waals surface area contributed by atoms with Gasteiger partial charge in [-0.1, -0.05) is 18.2 Å². The molecule has 4 nitrogen and oxygen atoms in total. The normalized spacial score (nSPS) is 27.4. The summed E-state index contributed by atoms with van der Waals surface area (Å²) in [6.45, 7) is 6.16. The Morgan fingerprint density at radius 3 is 2.76 bits per heavy atom. The van der Waals surface area contributed by atoms with Gasteiger partial charge in [0.05, 0.1) is 5.92 Å². The van der Waals surface area contributed by atoms with Crippen molar-refractivity contribution in [3.05, 3.63) is 41.6 Å². The van der Waals surface area contributed by atoms with Crippen LogP contribution in [0.25, 0.3) is 16.5 Å². The molecule has 1 aromatic heterocycles. The molecule has 29 heavy (non-hydrogen) atoms. The fourth-order valence-electron chi connectivity index (χ4n) is 5.20. The van der Waals surface area contributed by atoms with Gasteiger partial charge >= 0.3 is 0 Å². The summed E-state index contributed by atoms with van der Waals surface area (Å²) < 4.78 is 27.4. The third-order valence-electron chi connectivity index (χ3n) is 6.93. The number of hydrogen-bond donors (Lipinski definition) is 1. The Morgan fingerprint density at radius 1 is 1.31 bits per heavy atom. The largest absolute Gasteiger partial charge is 0.361 e. The smallest absolute Gasteiger partial charge is 0.252 e. The summed E-state index contributed by atoms with van der Waals surface area (Å²) in [7, 11) is 0. The third kappa shape index (κ3) is 3.00. The molecular formula is C23H27F2N3O. The molecule has 1 aliphatic heterocycles. The molecule has 154 valence electrons. The van der Waals surface area contributed by atoms with E-state index in [0.717, 1.165) is 23.1 Å². The van der Waals surface area contributed by atoms with E-state index in [4.69, 9.17) is 0 Å². The van der Waals surface area contributed by atoms with Crippen LogP contribution in [0.4, 0.5) is 8.78 Å². The van der Waals surface area contributed by atoms with Gasteiger partial charge in [0.15, 0.2) is 0 Å². The number of carbonyl (C=O) groups is 1. The van der Waals surface area contributed by atoms with E-state index in [1.54, 1.807) is 0 Å². The zero-order valence-electron chi connectivity index (χ0n) is 16.9. The minimum atomic E-state index is -2.55. The molecule has 2 aromatic rings. The molecule has 0 saturated heterocycles. The first-order valence-electron chi connectivity index (χ1n) is 10.6. The van der Waals surface area contributed by atoms with Crippen molar-refractivity contribution in [2.75, 3.05) is 26.2 Å². The highest BCUT2D eigenvalue weighted by Crippen LogP contribution is 2.50. The number of fused-ring (bicyclic) bond motifs is 2. The van der Waals surface area contributed by atoms with Gasteiger partial charge in [-0.25, -0.2) is 8.78 Å². The average molecular weight is 399 g/mol. The van der Waals surface area contributed by atoms with Crippen molar-refractivity contribution < 1.29 is 13.6 Å². The number of amides is 1. The van der Waals surface area contributed by atoms with E-state index in [2.05, 4.69) is 28.1 Å². The number of aromatic amines is 1. The Hall–Kier alpha value is -2.21. The van der Waals surface area contributed by atoms with Crippen molar-refractivity contribution in [1.29, 1.82) is 0 Å². The Balaban J connectivity index is 1.56. The zero-order valence-corrected chi connectivity index (χ0v) is 16.9. The monoisotopic (exact) mass is 399 g/mol. The van der Waals surface area contributed by atoms with Crippen molar-refractivity contribution in [1.82, 2.24) is 14.8 Å². The second-order valence-corrected chi connectivity index (χ2v) is 8.62. The second kappa shape index (κ2) is 6.66. The standard InChI is InChI=1S/C23H27F2N3O/c1-3-27(4-2)22(29)15-8-18-17-6-5-7-19-21(17)14(11-26-19)9-20(18)28(12-15)13-16-10-23(16,24)25/h5-8,11,15-16,20,26H,3-4,9-10,12-13H2,1-2H3/t15-,16?,20-/m1/s1. The summed E-state index contributed by atoms with van der Waals surface area (Å²) in [5, 5.41) is 1.21. The molecule has 0 spiro atoms. The number of rotatable bonds is 5. The van der Waals surface area contributed by atoms with Gasteiger partial charge in [0.2, 0.25) is 5.91 Å².